The van der Waals surface area contributed by atoms with Crippen LogP contribution in [0.2, 0.25) is 0 Å². The van der Waals surface area contributed by atoms with E-state index in [-0.39, 0.29) is 13.2 Å². The molecule has 1 atom stereocenters. The van der Waals surface area contributed by atoms with Gasteiger partial charge in [0.15, 0.2) is 0 Å². The minimum Gasteiger partial charge on any atom is -0.394 e. The van der Waals surface area contributed by atoms with Crippen molar-refractivity contribution in [3.05, 3.63) is 18.2 Å². The number of aliphatic hydroxyl groups is 2. The van der Waals surface area contributed by atoms with Crippen molar-refractivity contribution in [1.82, 2.24) is 15.4 Å². The fourth-order valence-electron chi connectivity index (χ4n) is 1.30. The molecule has 1 heterocycles. The van der Waals surface area contributed by atoms with Gasteiger partial charge >= 0.3 is 0 Å². The van der Waals surface area contributed by atoms with Crippen LogP contribution in [0, 0.1) is 0 Å². The molecule has 2 rings (SSSR count). The van der Waals surface area contributed by atoms with Gasteiger partial charge in [-0.1, -0.05) is 6.07 Å². The molecule has 0 spiro atoms. The molecular formula is C9H12N4O2. The number of hydrogen-bond acceptors (Lipinski definition) is 5. The van der Waals surface area contributed by atoms with Crippen molar-refractivity contribution in [2.24, 2.45) is 0 Å². The van der Waals surface area contributed by atoms with Crippen LogP contribution in [-0.4, -0.2) is 44.9 Å². The van der Waals surface area contributed by atoms with E-state index in [2.05, 4.69) is 20.7 Å². The number of nitrogens with zero attached hydrogens (tertiary/aromatic N) is 2. The van der Waals surface area contributed by atoms with Crippen LogP contribution in [0.1, 0.15) is 0 Å². The summed E-state index contributed by atoms with van der Waals surface area (Å²) in [7, 11) is 0. The zero-order chi connectivity index (χ0) is 10.7. The number of aliphatic hydroxyl groups excluding tert-OH is 2. The topological polar surface area (TPSA) is 94.1 Å². The van der Waals surface area contributed by atoms with Crippen molar-refractivity contribution in [2.45, 2.75) is 6.10 Å². The number of aromatic nitrogens is 3. The minimum absolute atomic E-state index is 0.262. The average molecular weight is 208 g/mol. The first kappa shape index (κ1) is 9.88. The van der Waals surface area contributed by atoms with E-state index >= 15 is 0 Å². The first-order chi connectivity index (χ1) is 7.31. The van der Waals surface area contributed by atoms with Gasteiger partial charge in [0.2, 0.25) is 0 Å². The maximum absolute atomic E-state index is 9.19. The van der Waals surface area contributed by atoms with E-state index in [1.54, 1.807) is 0 Å². The number of para-hydroxylation sites is 1. The van der Waals surface area contributed by atoms with Crippen LogP contribution in [0.25, 0.3) is 11.0 Å². The molecule has 15 heavy (non-hydrogen) atoms. The van der Waals surface area contributed by atoms with Gasteiger partial charge in [0.25, 0.3) is 0 Å². The lowest BCUT2D eigenvalue weighted by atomic mass is 10.2. The van der Waals surface area contributed by atoms with Crippen molar-refractivity contribution in [3.8, 4) is 0 Å². The Balaban J connectivity index is 2.17. The van der Waals surface area contributed by atoms with E-state index in [9.17, 15) is 5.11 Å². The normalized spacial score (nSPS) is 12.9. The second-order valence-electron chi connectivity index (χ2n) is 3.21. The number of hydrogen-bond donors (Lipinski definition) is 4. The van der Waals surface area contributed by atoms with Crippen LogP contribution in [0.15, 0.2) is 18.2 Å². The van der Waals surface area contributed by atoms with Crippen molar-refractivity contribution in [1.29, 1.82) is 0 Å². The number of aromatic amines is 1. The maximum Gasteiger partial charge on any atom is 0.136 e. The van der Waals surface area contributed by atoms with Crippen LogP contribution in [-0.2, 0) is 0 Å². The predicted molar refractivity (Wildman–Crippen MR) is 55.5 cm³/mol. The lowest BCUT2D eigenvalue weighted by molar-refractivity contribution is 0.105. The third-order valence-corrected chi connectivity index (χ3v) is 2.09. The Morgan fingerprint density at radius 1 is 1.40 bits per heavy atom. The largest absolute Gasteiger partial charge is 0.394 e. The van der Waals surface area contributed by atoms with E-state index in [1.165, 1.54) is 0 Å². The molecule has 0 saturated heterocycles. The van der Waals surface area contributed by atoms with Gasteiger partial charge in [-0.2, -0.15) is 15.4 Å². The molecule has 0 bridgehead atoms. The minimum atomic E-state index is -0.771. The van der Waals surface area contributed by atoms with Gasteiger partial charge < -0.3 is 15.5 Å². The number of benzene rings is 1. The third kappa shape index (κ3) is 2.05. The van der Waals surface area contributed by atoms with Crippen LogP contribution in [0.5, 0.6) is 0 Å². The average Bonchev–Trinajstić information content (AvgIpc) is 2.74. The lowest BCUT2D eigenvalue weighted by Gasteiger charge is -2.09. The van der Waals surface area contributed by atoms with Crippen LogP contribution >= 0.6 is 0 Å². The summed E-state index contributed by atoms with van der Waals surface area (Å²) < 4.78 is 0. The lowest BCUT2D eigenvalue weighted by Crippen LogP contribution is -2.23. The van der Waals surface area contributed by atoms with Crippen molar-refractivity contribution < 1.29 is 10.2 Å². The third-order valence-electron chi connectivity index (χ3n) is 2.09. The van der Waals surface area contributed by atoms with Crippen LogP contribution in [0.3, 0.4) is 0 Å². The molecular weight excluding hydrogens is 196 g/mol. The van der Waals surface area contributed by atoms with E-state index in [1.807, 2.05) is 18.2 Å². The Bertz CT molecular complexity index is 442. The van der Waals surface area contributed by atoms with Gasteiger partial charge in [-0.15, -0.1) is 0 Å². The van der Waals surface area contributed by atoms with E-state index in [0.717, 1.165) is 16.7 Å². The molecule has 2 aromatic rings. The highest BCUT2D eigenvalue weighted by Gasteiger charge is 2.06. The Labute approximate surface area is 85.9 Å². The van der Waals surface area contributed by atoms with Gasteiger partial charge in [0.05, 0.1) is 18.4 Å². The molecule has 0 aliphatic rings. The fraction of sp³-hybridized carbons (Fsp3) is 0.333. The summed E-state index contributed by atoms with van der Waals surface area (Å²) in [4.78, 5) is 0. The fourth-order valence-corrected chi connectivity index (χ4v) is 1.30. The molecule has 0 aliphatic carbocycles. The van der Waals surface area contributed by atoms with E-state index < -0.39 is 6.10 Å². The molecule has 6 nitrogen and oxygen atoms in total. The number of fused-ring (bicyclic) bond motifs is 1. The SMILES string of the molecule is OCC(O)CNc1cccc2n[nH]nc12. The second kappa shape index (κ2) is 4.24. The summed E-state index contributed by atoms with van der Waals surface area (Å²) in [6.45, 7) is 0.0181. The number of anilines is 1. The highest BCUT2D eigenvalue weighted by Crippen LogP contribution is 2.18. The molecule has 0 fully saturated rings. The molecule has 0 aliphatic heterocycles. The van der Waals surface area contributed by atoms with E-state index in [0.29, 0.717) is 0 Å². The summed E-state index contributed by atoms with van der Waals surface area (Å²) in [6, 6.07) is 5.53. The standard InChI is InChI=1S/C9H12N4O2/c14-5-6(15)4-10-7-2-1-3-8-9(7)12-13-11-8/h1-3,6,10,14-15H,4-5H2,(H,11,12,13). The van der Waals surface area contributed by atoms with Gasteiger partial charge in [-0.3, -0.25) is 0 Å². The maximum atomic E-state index is 9.19. The molecule has 80 valence electrons. The summed E-state index contributed by atoms with van der Waals surface area (Å²) in [5.41, 5.74) is 2.27. The molecule has 6 heteroatoms. The van der Waals surface area contributed by atoms with Crippen molar-refractivity contribution in [3.63, 3.8) is 0 Å². The molecule has 1 aromatic heterocycles. The first-order valence-corrected chi connectivity index (χ1v) is 4.63. The molecule has 0 amide bonds. The van der Waals surface area contributed by atoms with Crippen molar-refractivity contribution >= 4 is 16.7 Å². The molecule has 0 radical (unpaired) electrons. The zero-order valence-corrected chi connectivity index (χ0v) is 8.01. The van der Waals surface area contributed by atoms with Crippen molar-refractivity contribution in [2.75, 3.05) is 18.5 Å². The van der Waals surface area contributed by atoms with Gasteiger partial charge in [-0.05, 0) is 12.1 Å². The molecule has 4 N–H and O–H groups in total. The van der Waals surface area contributed by atoms with Gasteiger partial charge in [0, 0.05) is 6.54 Å². The molecule has 0 saturated carbocycles. The van der Waals surface area contributed by atoms with Gasteiger partial charge in [-0.25, -0.2) is 0 Å². The Kier molecular flexibility index (Phi) is 2.79. The number of nitrogens with one attached hydrogen (secondary N) is 2. The quantitative estimate of drug-likeness (QED) is 0.554. The van der Waals surface area contributed by atoms with E-state index in [4.69, 9.17) is 5.11 Å². The monoisotopic (exact) mass is 208 g/mol. The summed E-state index contributed by atoms with van der Waals surface area (Å²) in [5, 5.41) is 31.3. The second-order valence-corrected chi connectivity index (χ2v) is 3.21. The number of rotatable bonds is 4. The summed E-state index contributed by atoms with van der Waals surface area (Å²) >= 11 is 0. The first-order valence-electron chi connectivity index (χ1n) is 4.63. The summed E-state index contributed by atoms with van der Waals surface area (Å²) in [6.07, 6.45) is -0.771. The molecule has 1 unspecified atom stereocenters. The van der Waals surface area contributed by atoms with Crippen LogP contribution < -0.4 is 5.32 Å². The van der Waals surface area contributed by atoms with Crippen LogP contribution in [0.4, 0.5) is 5.69 Å². The highest BCUT2D eigenvalue weighted by atomic mass is 16.3. The predicted octanol–water partition coefficient (Wildman–Crippen LogP) is -0.277. The highest BCUT2D eigenvalue weighted by molar-refractivity contribution is 5.87. The Morgan fingerprint density at radius 2 is 2.27 bits per heavy atom. The zero-order valence-electron chi connectivity index (χ0n) is 8.01. The Hall–Kier alpha value is -1.66. The summed E-state index contributed by atoms with van der Waals surface area (Å²) in [5.74, 6) is 0. The van der Waals surface area contributed by atoms with Gasteiger partial charge in [0.1, 0.15) is 11.0 Å². The Morgan fingerprint density at radius 3 is 3.07 bits per heavy atom. The molecule has 1 aromatic carbocycles. The number of H-pyrrole nitrogens is 1. The smallest absolute Gasteiger partial charge is 0.136 e.